The van der Waals surface area contributed by atoms with Gasteiger partial charge in [-0.25, -0.2) is 22.8 Å². The molecule has 1 aromatic heterocycles. The number of pyridine rings is 1. The first-order valence-electron chi connectivity index (χ1n) is 16.8. The molecule has 2 N–H and O–H groups in total. The van der Waals surface area contributed by atoms with E-state index in [9.17, 15) is 27.6 Å². The molecule has 52 heavy (non-hydrogen) atoms. The molecule has 0 spiro atoms. The van der Waals surface area contributed by atoms with Crippen LogP contribution in [0.4, 0.5) is 9.59 Å². The molecule has 0 bridgehead atoms. The number of aromatic nitrogens is 1. The summed E-state index contributed by atoms with van der Waals surface area (Å²) in [6, 6.07) is 7.04. The Labute approximate surface area is 308 Å². The standard InChI is InChI=1S/C34H47N5O11S2/c1-33(2,3)50-30(42)27(36-29(41)28-34(4,5)51-23-39(28)52(45,46)26-7-6-12-35-22-26)21-24-8-10-25(11-9-24)49-32(44)38-15-13-37(14-16-38)31(43)48-20-19-47-18-17-40/h6-12,22,27-28,40H,13-21,23H2,1-5H3,(H,36,41)/t27-,28+/m0/s1. The number of hydrogen-bond acceptors (Lipinski definition) is 13. The first-order chi connectivity index (χ1) is 24.5. The van der Waals surface area contributed by atoms with E-state index in [1.165, 1.54) is 46.1 Å². The van der Waals surface area contributed by atoms with E-state index in [2.05, 4.69) is 10.3 Å². The number of amides is 3. The van der Waals surface area contributed by atoms with Gasteiger partial charge < -0.3 is 39.2 Å². The summed E-state index contributed by atoms with van der Waals surface area (Å²) in [7, 11) is -4.09. The molecular formula is C34H47N5O11S2. The zero-order chi connectivity index (χ0) is 38.1. The van der Waals surface area contributed by atoms with E-state index in [0.29, 0.717) is 5.56 Å². The van der Waals surface area contributed by atoms with E-state index in [1.807, 2.05) is 0 Å². The average Bonchev–Trinajstić information content (AvgIpc) is 3.43. The predicted molar refractivity (Wildman–Crippen MR) is 190 cm³/mol. The summed E-state index contributed by atoms with van der Waals surface area (Å²) in [5, 5.41) is 11.5. The first kappa shape index (κ1) is 40.8. The number of aliphatic hydroxyl groups is 1. The fourth-order valence-corrected chi connectivity index (χ4v) is 8.58. The highest BCUT2D eigenvalue weighted by atomic mass is 32.2. The summed E-state index contributed by atoms with van der Waals surface area (Å²) in [5.41, 5.74) is -0.248. The maximum atomic E-state index is 13.9. The quantitative estimate of drug-likeness (QED) is 0.223. The largest absolute Gasteiger partial charge is 0.458 e. The monoisotopic (exact) mass is 765 g/mol. The van der Waals surface area contributed by atoms with E-state index in [4.69, 9.17) is 24.1 Å². The lowest BCUT2D eigenvalue weighted by atomic mass is 10.0. The molecule has 1 aromatic carbocycles. The van der Waals surface area contributed by atoms with Crippen LogP contribution < -0.4 is 10.1 Å². The molecule has 2 fully saturated rings. The topological polar surface area (TPSA) is 194 Å². The van der Waals surface area contributed by atoms with Crippen molar-refractivity contribution in [3.05, 3.63) is 54.4 Å². The van der Waals surface area contributed by atoms with Crippen molar-refractivity contribution in [1.82, 2.24) is 24.4 Å². The number of hydrogen-bond donors (Lipinski definition) is 2. The van der Waals surface area contributed by atoms with Crippen molar-refractivity contribution in [2.45, 2.75) is 68.4 Å². The fourth-order valence-electron chi connectivity index (χ4n) is 5.45. The number of benzene rings is 1. The normalized spacial score (nSPS) is 18.4. The van der Waals surface area contributed by atoms with Crippen LogP contribution >= 0.6 is 11.8 Å². The van der Waals surface area contributed by atoms with Gasteiger partial charge in [-0.2, -0.15) is 4.31 Å². The SMILES string of the molecule is CC(C)(C)OC(=O)[C@H](Cc1ccc(OC(=O)N2CCN(C(=O)OCCOCCO)CC2)cc1)NC(=O)[C@H]1N(S(=O)(=O)c2cccnc2)CSC1(C)C. The Morgan fingerprint density at radius 2 is 1.65 bits per heavy atom. The summed E-state index contributed by atoms with van der Waals surface area (Å²) in [6.07, 6.45) is 1.58. The summed E-state index contributed by atoms with van der Waals surface area (Å²) in [4.78, 5) is 59.3. The second-order valence-corrected chi connectivity index (χ2v) is 17.1. The molecule has 2 aliphatic heterocycles. The zero-order valence-electron chi connectivity index (χ0n) is 30.0. The minimum absolute atomic E-state index is 0.0101. The van der Waals surface area contributed by atoms with Crippen molar-refractivity contribution < 1.29 is 51.6 Å². The Morgan fingerprint density at radius 1 is 1.00 bits per heavy atom. The Kier molecular flexibility index (Phi) is 13.9. The minimum atomic E-state index is -4.09. The van der Waals surface area contributed by atoms with Gasteiger partial charge in [0.05, 0.1) is 25.7 Å². The summed E-state index contributed by atoms with van der Waals surface area (Å²) in [6.45, 7) is 9.91. The summed E-state index contributed by atoms with van der Waals surface area (Å²) in [5.74, 6) is -1.06. The molecule has 0 unspecified atom stereocenters. The number of nitrogens with one attached hydrogen (secondary N) is 1. The van der Waals surface area contributed by atoms with Gasteiger partial charge in [0.2, 0.25) is 15.9 Å². The Morgan fingerprint density at radius 3 is 2.25 bits per heavy atom. The third-order valence-corrected chi connectivity index (χ3v) is 11.4. The highest BCUT2D eigenvalue weighted by molar-refractivity contribution is 8.02. The molecule has 2 saturated heterocycles. The highest BCUT2D eigenvalue weighted by Gasteiger charge is 2.51. The number of sulfonamides is 1. The van der Waals surface area contributed by atoms with Crippen LogP contribution in [-0.4, -0.2) is 138 Å². The molecule has 16 nitrogen and oxygen atoms in total. The number of thioether (sulfide) groups is 1. The predicted octanol–water partition coefficient (Wildman–Crippen LogP) is 2.25. The molecule has 2 atom stereocenters. The van der Waals surface area contributed by atoms with Gasteiger partial charge in [0.25, 0.3) is 0 Å². The van der Waals surface area contributed by atoms with Gasteiger partial charge in [0.15, 0.2) is 0 Å². The lowest BCUT2D eigenvalue weighted by Gasteiger charge is -2.33. The van der Waals surface area contributed by atoms with Crippen molar-refractivity contribution in [3.8, 4) is 5.75 Å². The number of aliphatic hydroxyl groups excluding tert-OH is 1. The van der Waals surface area contributed by atoms with Crippen molar-refractivity contribution in [3.63, 3.8) is 0 Å². The number of ether oxygens (including phenoxy) is 4. The van der Waals surface area contributed by atoms with Crippen molar-refractivity contribution in [2.75, 3.05) is 58.5 Å². The van der Waals surface area contributed by atoms with Crippen LogP contribution in [0.2, 0.25) is 0 Å². The third kappa shape index (κ3) is 11.0. The van der Waals surface area contributed by atoms with E-state index in [1.54, 1.807) is 58.9 Å². The third-order valence-electron chi connectivity index (χ3n) is 8.06. The molecule has 286 valence electrons. The van der Waals surface area contributed by atoms with E-state index >= 15 is 0 Å². The highest BCUT2D eigenvalue weighted by Crippen LogP contribution is 2.42. The van der Waals surface area contributed by atoms with Crippen LogP contribution in [0.5, 0.6) is 5.75 Å². The lowest BCUT2D eigenvalue weighted by molar-refractivity contribution is -0.158. The van der Waals surface area contributed by atoms with Gasteiger partial charge in [0.1, 0.15) is 34.9 Å². The van der Waals surface area contributed by atoms with Gasteiger partial charge in [-0.05, 0) is 64.4 Å². The first-order valence-corrected chi connectivity index (χ1v) is 19.2. The molecule has 4 rings (SSSR count). The second-order valence-electron chi connectivity index (χ2n) is 13.6. The number of esters is 1. The van der Waals surface area contributed by atoms with E-state index in [-0.39, 0.29) is 75.5 Å². The van der Waals surface area contributed by atoms with Gasteiger partial charge in [0, 0.05) is 49.7 Å². The smallest absolute Gasteiger partial charge is 0.415 e. The fraction of sp³-hybridized carbons (Fsp3) is 0.559. The minimum Gasteiger partial charge on any atom is -0.458 e. The number of piperazine rings is 1. The molecule has 3 amide bonds. The Bertz CT molecular complexity index is 1650. The maximum Gasteiger partial charge on any atom is 0.415 e. The van der Waals surface area contributed by atoms with E-state index < -0.39 is 56.5 Å². The van der Waals surface area contributed by atoms with Gasteiger partial charge in [-0.3, -0.25) is 9.78 Å². The van der Waals surface area contributed by atoms with Gasteiger partial charge >= 0.3 is 18.2 Å². The molecule has 3 heterocycles. The van der Waals surface area contributed by atoms with Crippen molar-refractivity contribution in [2.24, 2.45) is 0 Å². The molecule has 0 saturated carbocycles. The van der Waals surface area contributed by atoms with Crippen LogP contribution in [0.15, 0.2) is 53.7 Å². The van der Waals surface area contributed by atoms with Crippen LogP contribution in [0, 0.1) is 0 Å². The summed E-state index contributed by atoms with van der Waals surface area (Å²) >= 11 is 1.31. The lowest BCUT2D eigenvalue weighted by Crippen LogP contribution is -2.57. The van der Waals surface area contributed by atoms with E-state index in [0.717, 1.165) is 4.31 Å². The molecule has 18 heteroatoms. The van der Waals surface area contributed by atoms with Gasteiger partial charge in [-0.15, -0.1) is 11.8 Å². The number of carbonyl (C=O) groups is 4. The molecule has 0 aliphatic carbocycles. The molecule has 0 radical (unpaired) electrons. The van der Waals surface area contributed by atoms with Crippen molar-refractivity contribution >= 4 is 45.8 Å². The Balaban J connectivity index is 1.39. The molecule has 2 aromatic rings. The summed E-state index contributed by atoms with van der Waals surface area (Å²) < 4.78 is 48.9. The maximum absolute atomic E-state index is 13.9. The van der Waals surface area contributed by atoms with Crippen LogP contribution in [0.25, 0.3) is 0 Å². The van der Waals surface area contributed by atoms with Gasteiger partial charge in [-0.1, -0.05) is 12.1 Å². The molecular weight excluding hydrogens is 719 g/mol. The Hall–Kier alpha value is -3.97. The van der Waals surface area contributed by atoms with Crippen LogP contribution in [0.1, 0.15) is 40.2 Å². The van der Waals surface area contributed by atoms with Crippen molar-refractivity contribution in [1.29, 1.82) is 0 Å². The number of rotatable bonds is 13. The number of carbonyl (C=O) groups excluding carboxylic acids is 4. The van der Waals surface area contributed by atoms with Crippen LogP contribution in [0.3, 0.4) is 0 Å². The molecule has 2 aliphatic rings. The number of nitrogens with zero attached hydrogens (tertiary/aromatic N) is 4. The van der Waals surface area contributed by atoms with Crippen LogP contribution in [-0.2, 0) is 40.2 Å². The average molecular weight is 766 g/mol. The second kappa shape index (κ2) is 17.7. The zero-order valence-corrected chi connectivity index (χ0v) is 31.6.